The molecule has 0 saturated heterocycles. The Morgan fingerprint density at radius 1 is 1.31 bits per heavy atom. The van der Waals surface area contributed by atoms with Crippen molar-refractivity contribution in [1.82, 2.24) is 0 Å². The summed E-state index contributed by atoms with van der Waals surface area (Å²) in [4.78, 5) is 32.8. The van der Waals surface area contributed by atoms with Crippen molar-refractivity contribution in [3.05, 3.63) is 69.3 Å². The van der Waals surface area contributed by atoms with E-state index >= 15 is 0 Å². The zero-order valence-electron chi connectivity index (χ0n) is 13.6. The number of ether oxygens (including phenoxy) is 1. The summed E-state index contributed by atoms with van der Waals surface area (Å²) in [6.45, 7) is 0. The molecule has 9 heteroatoms. The van der Waals surface area contributed by atoms with Gasteiger partial charge < -0.3 is 10.1 Å². The average molecular weight is 364 g/mol. The van der Waals surface area contributed by atoms with E-state index < -0.39 is 39.9 Å². The van der Waals surface area contributed by atoms with E-state index in [0.717, 1.165) is 7.11 Å². The van der Waals surface area contributed by atoms with Gasteiger partial charge in [0.25, 0.3) is 5.69 Å². The zero-order chi connectivity index (χ0) is 19.3. The molecule has 0 fully saturated rings. The fourth-order valence-electron chi connectivity index (χ4n) is 2.37. The first-order valence-electron chi connectivity index (χ1n) is 7.38. The van der Waals surface area contributed by atoms with Crippen LogP contribution in [0.5, 0.6) is 0 Å². The van der Waals surface area contributed by atoms with E-state index in [4.69, 9.17) is 0 Å². The second-order valence-electron chi connectivity index (χ2n) is 5.28. The minimum Gasteiger partial charge on any atom is -0.467 e. The monoisotopic (exact) mass is 364 g/mol. The highest BCUT2D eigenvalue weighted by molar-refractivity contribution is 5.82. The molecule has 0 aliphatic heterocycles. The van der Waals surface area contributed by atoms with Crippen LogP contribution in [0.2, 0.25) is 0 Å². The Balaban J connectivity index is 2.36. The maximum atomic E-state index is 14.1. The number of non-ortho nitro benzene ring substituents is 1. The predicted octanol–water partition coefficient (Wildman–Crippen LogP) is 2.88. The number of esters is 1. The van der Waals surface area contributed by atoms with Gasteiger partial charge in [-0.2, -0.15) is 0 Å². The largest absolute Gasteiger partial charge is 0.467 e. The number of aldehydes is 1. The highest BCUT2D eigenvalue weighted by Gasteiger charge is 2.25. The van der Waals surface area contributed by atoms with E-state index in [1.54, 1.807) is 18.2 Å². The lowest BCUT2D eigenvalue weighted by Gasteiger charge is -2.19. The molecular formula is C17H14F2N2O5. The van der Waals surface area contributed by atoms with Crippen LogP contribution in [0.25, 0.3) is 0 Å². The lowest BCUT2D eigenvalue weighted by Crippen LogP contribution is -2.34. The van der Waals surface area contributed by atoms with Crippen molar-refractivity contribution >= 4 is 23.6 Å². The number of nitrogens with zero attached hydrogens (tertiary/aromatic N) is 1. The number of nitro benzene ring substituents is 1. The molecule has 0 radical (unpaired) electrons. The number of nitrogens with one attached hydrogen (secondary N) is 1. The molecule has 0 aliphatic carbocycles. The normalized spacial score (nSPS) is 11.5. The molecule has 1 unspecified atom stereocenters. The van der Waals surface area contributed by atoms with Crippen LogP contribution in [0.3, 0.4) is 0 Å². The number of hydrogen-bond donors (Lipinski definition) is 1. The van der Waals surface area contributed by atoms with Crippen molar-refractivity contribution in [3.8, 4) is 0 Å². The third-order valence-electron chi connectivity index (χ3n) is 3.65. The first-order chi connectivity index (χ1) is 12.4. The summed E-state index contributed by atoms with van der Waals surface area (Å²) in [5.74, 6) is -3.27. The SMILES string of the molecule is COC(=O)C(Cc1ccccc1C=O)Nc1c(F)cc([N+](=O)[O-])cc1F. The van der Waals surface area contributed by atoms with Crippen LogP contribution in [-0.4, -0.2) is 30.3 Å². The molecule has 0 spiro atoms. The van der Waals surface area contributed by atoms with E-state index in [9.17, 15) is 28.5 Å². The highest BCUT2D eigenvalue weighted by atomic mass is 19.1. The molecular weight excluding hydrogens is 350 g/mol. The van der Waals surface area contributed by atoms with Gasteiger partial charge in [0.05, 0.1) is 24.2 Å². The summed E-state index contributed by atoms with van der Waals surface area (Å²) in [5, 5.41) is 13.0. The maximum Gasteiger partial charge on any atom is 0.328 e. The summed E-state index contributed by atoms with van der Waals surface area (Å²) in [6, 6.07) is 6.26. The van der Waals surface area contributed by atoms with Crippen LogP contribution < -0.4 is 5.32 Å². The van der Waals surface area contributed by atoms with Crippen molar-refractivity contribution in [3.63, 3.8) is 0 Å². The first-order valence-corrected chi connectivity index (χ1v) is 7.38. The van der Waals surface area contributed by atoms with E-state index in [1.807, 2.05) is 0 Å². The lowest BCUT2D eigenvalue weighted by atomic mass is 10.0. The number of benzene rings is 2. The summed E-state index contributed by atoms with van der Waals surface area (Å²) >= 11 is 0. The van der Waals surface area contributed by atoms with Crippen molar-refractivity contribution in [1.29, 1.82) is 0 Å². The van der Waals surface area contributed by atoms with Crippen LogP contribution in [0, 0.1) is 21.7 Å². The van der Waals surface area contributed by atoms with Crippen LogP contribution in [-0.2, 0) is 16.0 Å². The van der Waals surface area contributed by atoms with Crippen molar-refractivity contribution in [2.24, 2.45) is 0 Å². The Kier molecular flexibility index (Phi) is 5.94. The Bertz CT molecular complexity index is 834. The quantitative estimate of drug-likeness (QED) is 0.351. The second-order valence-corrected chi connectivity index (χ2v) is 5.28. The fraction of sp³-hybridized carbons (Fsp3) is 0.176. The molecule has 1 atom stereocenters. The average Bonchev–Trinajstić information content (AvgIpc) is 2.63. The molecule has 0 amide bonds. The molecule has 136 valence electrons. The molecule has 26 heavy (non-hydrogen) atoms. The standard InChI is InChI=1S/C17H14F2N2O5/c1-26-17(23)15(6-10-4-2-3-5-11(10)9-22)20-16-13(18)7-12(21(24)25)8-14(16)19/h2-5,7-9,15,20H,6H2,1H3. The maximum absolute atomic E-state index is 14.1. The third kappa shape index (κ3) is 4.18. The number of carbonyl (C=O) groups is 2. The fourth-order valence-corrected chi connectivity index (χ4v) is 2.37. The van der Waals surface area contributed by atoms with Crippen LogP contribution in [0.15, 0.2) is 36.4 Å². The van der Waals surface area contributed by atoms with Gasteiger partial charge in [-0.15, -0.1) is 0 Å². The molecule has 2 rings (SSSR count). The molecule has 2 aromatic rings. The second kappa shape index (κ2) is 8.15. The van der Waals surface area contributed by atoms with Gasteiger partial charge in [0.2, 0.25) is 0 Å². The molecule has 0 bridgehead atoms. The molecule has 2 aromatic carbocycles. The topological polar surface area (TPSA) is 98.5 Å². The van der Waals surface area contributed by atoms with Crippen LogP contribution in [0.4, 0.5) is 20.2 Å². The summed E-state index contributed by atoms with van der Waals surface area (Å²) in [6.07, 6.45) is 0.508. The number of nitro groups is 1. The van der Waals surface area contributed by atoms with Gasteiger partial charge in [-0.05, 0) is 5.56 Å². The molecule has 0 aliphatic rings. The van der Waals surface area contributed by atoms with Gasteiger partial charge in [0.15, 0.2) is 11.6 Å². The molecule has 7 nitrogen and oxygen atoms in total. The van der Waals surface area contributed by atoms with Gasteiger partial charge >= 0.3 is 5.97 Å². The van der Waals surface area contributed by atoms with Crippen LogP contribution >= 0.6 is 0 Å². The molecule has 0 aromatic heterocycles. The summed E-state index contributed by atoms with van der Waals surface area (Å²) in [7, 11) is 1.10. The van der Waals surface area contributed by atoms with Crippen molar-refractivity contribution in [2.75, 3.05) is 12.4 Å². The molecule has 1 N–H and O–H groups in total. The minimum absolute atomic E-state index is 0.0859. The molecule has 0 heterocycles. The lowest BCUT2D eigenvalue weighted by molar-refractivity contribution is -0.385. The number of rotatable bonds is 7. The number of halogens is 2. The smallest absolute Gasteiger partial charge is 0.328 e. The van der Waals surface area contributed by atoms with E-state index in [2.05, 4.69) is 10.1 Å². The van der Waals surface area contributed by atoms with E-state index in [-0.39, 0.29) is 6.42 Å². The van der Waals surface area contributed by atoms with E-state index in [0.29, 0.717) is 29.5 Å². The van der Waals surface area contributed by atoms with Crippen LogP contribution in [0.1, 0.15) is 15.9 Å². The van der Waals surface area contributed by atoms with E-state index in [1.165, 1.54) is 6.07 Å². The third-order valence-corrected chi connectivity index (χ3v) is 3.65. The van der Waals surface area contributed by atoms with Gasteiger partial charge in [0.1, 0.15) is 18.0 Å². The number of carbonyl (C=O) groups excluding carboxylic acids is 2. The molecule has 0 saturated carbocycles. The summed E-state index contributed by atoms with van der Waals surface area (Å²) < 4.78 is 32.8. The predicted molar refractivity (Wildman–Crippen MR) is 88.0 cm³/mol. The number of hydrogen-bond acceptors (Lipinski definition) is 6. The summed E-state index contributed by atoms with van der Waals surface area (Å²) in [5.41, 5.74) is -0.679. The Morgan fingerprint density at radius 3 is 2.46 bits per heavy atom. The van der Waals surface area contributed by atoms with Crippen molar-refractivity contribution < 1.29 is 28.0 Å². The van der Waals surface area contributed by atoms with Gasteiger partial charge in [-0.1, -0.05) is 24.3 Å². The number of anilines is 1. The first kappa shape index (κ1) is 19.0. The van der Waals surface area contributed by atoms with Gasteiger partial charge in [0, 0.05) is 12.0 Å². The Morgan fingerprint density at radius 2 is 1.92 bits per heavy atom. The van der Waals surface area contributed by atoms with Gasteiger partial charge in [-0.25, -0.2) is 13.6 Å². The Hall–Kier alpha value is -3.36. The van der Waals surface area contributed by atoms with Crippen molar-refractivity contribution in [2.45, 2.75) is 12.5 Å². The number of methoxy groups -OCH3 is 1. The Labute approximate surface area is 146 Å². The zero-order valence-corrected chi connectivity index (χ0v) is 13.6. The highest BCUT2D eigenvalue weighted by Crippen LogP contribution is 2.26. The minimum atomic E-state index is -1.23. The van der Waals surface area contributed by atoms with Gasteiger partial charge in [-0.3, -0.25) is 14.9 Å².